The Morgan fingerprint density at radius 2 is 1.95 bits per heavy atom. The van der Waals surface area contributed by atoms with Crippen LogP contribution in [-0.4, -0.2) is 60.1 Å². The van der Waals surface area contributed by atoms with Crippen molar-refractivity contribution in [3.63, 3.8) is 0 Å². The summed E-state index contributed by atoms with van der Waals surface area (Å²) >= 11 is 0. The van der Waals surface area contributed by atoms with Crippen LogP contribution in [0.25, 0.3) is 0 Å². The van der Waals surface area contributed by atoms with Gasteiger partial charge in [0.25, 0.3) is 0 Å². The molecule has 1 amide bonds. The molecule has 2 aliphatic rings. The molecule has 2 N–H and O–H groups in total. The molecule has 122 valence electrons. The van der Waals surface area contributed by atoms with Gasteiger partial charge in [0.1, 0.15) is 5.75 Å². The van der Waals surface area contributed by atoms with Crippen LogP contribution in [0.1, 0.15) is 17.5 Å². The Balaban J connectivity index is 0.00000176. The first-order valence-electron chi connectivity index (χ1n) is 7.74. The SMILES string of the molecule is Cl.O=C(CCN1CCc2ccc(O)cc2C1)N1CCNCC1. The van der Waals surface area contributed by atoms with Crippen LogP contribution in [0.2, 0.25) is 0 Å². The molecule has 0 aliphatic carbocycles. The van der Waals surface area contributed by atoms with Gasteiger partial charge in [-0.15, -0.1) is 12.4 Å². The third-order valence-corrected chi connectivity index (χ3v) is 4.39. The molecular weight excluding hydrogens is 302 g/mol. The zero-order valence-corrected chi connectivity index (χ0v) is 13.6. The van der Waals surface area contributed by atoms with Gasteiger partial charge in [0.05, 0.1) is 0 Å². The van der Waals surface area contributed by atoms with E-state index in [9.17, 15) is 9.90 Å². The number of piperazine rings is 1. The Labute approximate surface area is 137 Å². The number of nitrogens with one attached hydrogen (secondary N) is 1. The molecule has 0 aromatic heterocycles. The number of phenols is 1. The topological polar surface area (TPSA) is 55.8 Å². The predicted molar refractivity (Wildman–Crippen MR) is 88.4 cm³/mol. The van der Waals surface area contributed by atoms with Gasteiger partial charge in [-0.1, -0.05) is 6.07 Å². The lowest BCUT2D eigenvalue weighted by molar-refractivity contribution is -0.132. The quantitative estimate of drug-likeness (QED) is 0.870. The molecule has 22 heavy (non-hydrogen) atoms. The van der Waals surface area contributed by atoms with Gasteiger partial charge in [0.15, 0.2) is 0 Å². The van der Waals surface area contributed by atoms with E-state index in [1.807, 2.05) is 17.0 Å². The fraction of sp³-hybridized carbons (Fsp3) is 0.562. The van der Waals surface area contributed by atoms with Gasteiger partial charge in [0, 0.05) is 52.2 Å². The average molecular weight is 326 g/mol. The fourth-order valence-electron chi connectivity index (χ4n) is 3.12. The van der Waals surface area contributed by atoms with Crippen molar-refractivity contribution in [3.05, 3.63) is 29.3 Å². The van der Waals surface area contributed by atoms with E-state index in [-0.39, 0.29) is 18.3 Å². The lowest BCUT2D eigenvalue weighted by Gasteiger charge is -2.31. The second-order valence-corrected chi connectivity index (χ2v) is 5.86. The molecule has 1 aromatic carbocycles. The highest BCUT2D eigenvalue weighted by Gasteiger charge is 2.20. The Hall–Kier alpha value is -1.30. The molecule has 0 saturated carbocycles. The molecule has 1 saturated heterocycles. The largest absolute Gasteiger partial charge is 0.508 e. The zero-order valence-electron chi connectivity index (χ0n) is 12.8. The highest BCUT2D eigenvalue weighted by atomic mass is 35.5. The van der Waals surface area contributed by atoms with Gasteiger partial charge in [-0.2, -0.15) is 0 Å². The number of nitrogens with zero attached hydrogens (tertiary/aromatic N) is 2. The summed E-state index contributed by atoms with van der Waals surface area (Å²) in [6.45, 7) is 6.10. The van der Waals surface area contributed by atoms with E-state index in [1.165, 1.54) is 11.1 Å². The van der Waals surface area contributed by atoms with E-state index < -0.39 is 0 Å². The number of aromatic hydroxyl groups is 1. The van der Waals surface area contributed by atoms with E-state index in [1.54, 1.807) is 6.07 Å². The molecule has 6 heteroatoms. The molecule has 0 radical (unpaired) electrons. The van der Waals surface area contributed by atoms with Crippen LogP contribution >= 0.6 is 12.4 Å². The van der Waals surface area contributed by atoms with Crippen LogP contribution in [0.3, 0.4) is 0 Å². The van der Waals surface area contributed by atoms with Gasteiger partial charge >= 0.3 is 0 Å². The number of rotatable bonds is 3. The first-order valence-corrected chi connectivity index (χ1v) is 7.74. The highest BCUT2D eigenvalue weighted by molar-refractivity contribution is 5.85. The van der Waals surface area contributed by atoms with Crippen molar-refractivity contribution >= 4 is 18.3 Å². The summed E-state index contributed by atoms with van der Waals surface area (Å²) in [7, 11) is 0. The number of halogens is 1. The second kappa shape index (κ2) is 7.81. The third kappa shape index (κ3) is 4.12. The Morgan fingerprint density at radius 1 is 1.18 bits per heavy atom. The molecule has 5 nitrogen and oxygen atoms in total. The van der Waals surface area contributed by atoms with E-state index >= 15 is 0 Å². The lowest BCUT2D eigenvalue weighted by Crippen LogP contribution is -2.47. The van der Waals surface area contributed by atoms with Gasteiger partial charge < -0.3 is 15.3 Å². The molecule has 1 aromatic rings. The molecule has 1 fully saturated rings. The van der Waals surface area contributed by atoms with Crippen molar-refractivity contribution in [3.8, 4) is 5.75 Å². The smallest absolute Gasteiger partial charge is 0.223 e. The van der Waals surface area contributed by atoms with Crippen LogP contribution in [-0.2, 0) is 17.8 Å². The fourth-order valence-corrected chi connectivity index (χ4v) is 3.12. The molecule has 3 rings (SSSR count). The predicted octanol–water partition coefficient (Wildman–Crippen LogP) is 0.994. The summed E-state index contributed by atoms with van der Waals surface area (Å²) in [6.07, 6.45) is 1.59. The second-order valence-electron chi connectivity index (χ2n) is 5.86. The minimum absolute atomic E-state index is 0. The highest BCUT2D eigenvalue weighted by Crippen LogP contribution is 2.23. The number of hydrogen-bond acceptors (Lipinski definition) is 4. The van der Waals surface area contributed by atoms with E-state index in [0.717, 1.165) is 52.2 Å². The number of hydrogen-bond donors (Lipinski definition) is 2. The molecule has 0 bridgehead atoms. The number of benzene rings is 1. The maximum Gasteiger partial charge on any atom is 0.223 e. The third-order valence-electron chi connectivity index (χ3n) is 4.39. The number of phenolic OH excluding ortho intramolecular Hbond substituents is 1. The first-order chi connectivity index (χ1) is 10.2. The molecule has 2 aliphatic heterocycles. The van der Waals surface area contributed by atoms with Gasteiger partial charge in [-0.3, -0.25) is 9.69 Å². The summed E-state index contributed by atoms with van der Waals surface area (Å²) in [5.74, 6) is 0.589. The van der Waals surface area contributed by atoms with Gasteiger partial charge in [-0.25, -0.2) is 0 Å². The van der Waals surface area contributed by atoms with Crippen LogP contribution in [0.4, 0.5) is 0 Å². The zero-order chi connectivity index (χ0) is 14.7. The summed E-state index contributed by atoms with van der Waals surface area (Å²) in [5.41, 5.74) is 2.51. The summed E-state index contributed by atoms with van der Waals surface area (Å²) < 4.78 is 0. The van der Waals surface area contributed by atoms with Gasteiger partial charge in [-0.05, 0) is 29.7 Å². The van der Waals surface area contributed by atoms with Crippen LogP contribution in [0.15, 0.2) is 18.2 Å². The molecule has 0 atom stereocenters. The maximum absolute atomic E-state index is 12.2. The summed E-state index contributed by atoms with van der Waals surface area (Å²) in [5, 5.41) is 12.8. The summed E-state index contributed by atoms with van der Waals surface area (Å²) in [4.78, 5) is 16.4. The van der Waals surface area contributed by atoms with Crippen molar-refractivity contribution < 1.29 is 9.90 Å². The first kappa shape index (κ1) is 17.1. The number of carbonyl (C=O) groups excluding carboxylic acids is 1. The van der Waals surface area contributed by atoms with Crippen molar-refractivity contribution in [2.75, 3.05) is 39.3 Å². The molecule has 2 heterocycles. The lowest BCUT2D eigenvalue weighted by atomic mass is 9.99. The minimum Gasteiger partial charge on any atom is -0.508 e. The maximum atomic E-state index is 12.2. The number of carbonyl (C=O) groups is 1. The molecule has 0 unspecified atom stereocenters. The Morgan fingerprint density at radius 3 is 2.73 bits per heavy atom. The standard InChI is InChI=1S/C16H23N3O2.ClH/c20-15-2-1-13-3-7-18(12-14(13)11-15)8-4-16(21)19-9-5-17-6-10-19;/h1-2,11,17,20H,3-10,12H2;1H. The van der Waals surface area contributed by atoms with E-state index in [4.69, 9.17) is 0 Å². The van der Waals surface area contributed by atoms with Crippen LogP contribution < -0.4 is 5.32 Å². The summed E-state index contributed by atoms with van der Waals surface area (Å²) in [6, 6.07) is 5.61. The normalized spacial score (nSPS) is 18.5. The minimum atomic E-state index is 0. The van der Waals surface area contributed by atoms with Crippen LogP contribution in [0.5, 0.6) is 5.75 Å². The van der Waals surface area contributed by atoms with Crippen molar-refractivity contribution in [1.82, 2.24) is 15.1 Å². The molecule has 0 spiro atoms. The Bertz CT molecular complexity index is 518. The van der Waals surface area contributed by atoms with E-state index in [2.05, 4.69) is 10.2 Å². The van der Waals surface area contributed by atoms with Gasteiger partial charge in [0.2, 0.25) is 5.91 Å². The van der Waals surface area contributed by atoms with E-state index in [0.29, 0.717) is 12.2 Å². The van der Waals surface area contributed by atoms with Crippen molar-refractivity contribution in [1.29, 1.82) is 0 Å². The van der Waals surface area contributed by atoms with Crippen molar-refractivity contribution in [2.24, 2.45) is 0 Å². The Kier molecular flexibility index (Phi) is 6.06. The van der Waals surface area contributed by atoms with Crippen LogP contribution in [0, 0.1) is 0 Å². The average Bonchev–Trinajstić information content (AvgIpc) is 2.53. The molecular formula is C16H24ClN3O2. The van der Waals surface area contributed by atoms with Crippen molar-refractivity contribution in [2.45, 2.75) is 19.4 Å². The number of fused-ring (bicyclic) bond motifs is 1. The monoisotopic (exact) mass is 325 g/mol. The number of amides is 1.